The van der Waals surface area contributed by atoms with Gasteiger partial charge in [0.05, 0.1) is 5.02 Å². The second-order valence-electron chi connectivity index (χ2n) is 4.00. The monoisotopic (exact) mass is 255 g/mol. The van der Waals surface area contributed by atoms with Crippen molar-refractivity contribution in [2.24, 2.45) is 0 Å². The van der Waals surface area contributed by atoms with Gasteiger partial charge in [-0.15, -0.1) is 0 Å². The standard InChI is InChI=1S/C14H19ClFN/c1-3-7-17-10-11(4-2)8-12-5-6-13(16)9-14(12)15/h5-6,8-9,17H,3-4,7,10H2,1-2H3/b11-8+. The van der Waals surface area contributed by atoms with Gasteiger partial charge >= 0.3 is 0 Å². The lowest BCUT2D eigenvalue weighted by Crippen LogP contribution is -2.17. The van der Waals surface area contributed by atoms with Crippen LogP contribution in [0, 0.1) is 5.82 Å². The molecule has 0 spiro atoms. The first-order valence-corrected chi connectivity index (χ1v) is 6.40. The lowest BCUT2D eigenvalue weighted by atomic mass is 10.1. The van der Waals surface area contributed by atoms with Gasteiger partial charge in [0.25, 0.3) is 0 Å². The molecule has 1 nitrogen and oxygen atoms in total. The fraction of sp³-hybridized carbons (Fsp3) is 0.429. The Bertz CT molecular complexity index is 388. The van der Waals surface area contributed by atoms with E-state index in [1.165, 1.54) is 17.7 Å². The van der Waals surface area contributed by atoms with Crippen LogP contribution >= 0.6 is 11.6 Å². The molecule has 0 atom stereocenters. The van der Waals surface area contributed by atoms with E-state index >= 15 is 0 Å². The van der Waals surface area contributed by atoms with Gasteiger partial charge in [-0.3, -0.25) is 0 Å². The molecule has 0 aliphatic heterocycles. The molecule has 0 bridgehead atoms. The molecule has 94 valence electrons. The molecule has 0 aromatic heterocycles. The first-order chi connectivity index (χ1) is 8.17. The van der Waals surface area contributed by atoms with Crippen LogP contribution in [-0.2, 0) is 0 Å². The molecule has 0 amide bonds. The van der Waals surface area contributed by atoms with E-state index in [9.17, 15) is 4.39 Å². The maximum absolute atomic E-state index is 12.9. The Kier molecular flexibility index (Phi) is 6.23. The van der Waals surface area contributed by atoms with Crippen LogP contribution in [0.25, 0.3) is 6.08 Å². The van der Waals surface area contributed by atoms with Crippen molar-refractivity contribution in [2.45, 2.75) is 26.7 Å². The summed E-state index contributed by atoms with van der Waals surface area (Å²) in [5.74, 6) is -0.297. The minimum Gasteiger partial charge on any atom is -0.313 e. The molecule has 3 heteroatoms. The average Bonchev–Trinajstić information content (AvgIpc) is 2.31. The maximum Gasteiger partial charge on any atom is 0.124 e. The zero-order valence-electron chi connectivity index (χ0n) is 10.4. The van der Waals surface area contributed by atoms with Crippen LogP contribution in [0.2, 0.25) is 5.02 Å². The first kappa shape index (κ1) is 14.2. The van der Waals surface area contributed by atoms with E-state index < -0.39 is 0 Å². The van der Waals surface area contributed by atoms with Crippen LogP contribution in [0.1, 0.15) is 32.3 Å². The van der Waals surface area contributed by atoms with Crippen molar-refractivity contribution in [1.82, 2.24) is 5.32 Å². The molecule has 0 aliphatic carbocycles. The van der Waals surface area contributed by atoms with Crippen LogP contribution in [0.15, 0.2) is 23.8 Å². The summed E-state index contributed by atoms with van der Waals surface area (Å²) in [7, 11) is 0. The van der Waals surface area contributed by atoms with Crippen molar-refractivity contribution in [3.05, 3.63) is 40.2 Å². The quantitative estimate of drug-likeness (QED) is 0.749. The zero-order chi connectivity index (χ0) is 12.7. The Labute approximate surface area is 108 Å². The Balaban J connectivity index is 2.75. The van der Waals surface area contributed by atoms with E-state index in [-0.39, 0.29) is 5.82 Å². The summed E-state index contributed by atoms with van der Waals surface area (Å²) in [6.07, 6.45) is 4.11. The minimum absolute atomic E-state index is 0.297. The molecule has 0 saturated heterocycles. The molecular weight excluding hydrogens is 237 g/mol. The fourth-order valence-electron chi connectivity index (χ4n) is 1.54. The summed E-state index contributed by atoms with van der Waals surface area (Å²) >= 11 is 5.99. The highest BCUT2D eigenvalue weighted by Gasteiger charge is 2.01. The summed E-state index contributed by atoms with van der Waals surface area (Å²) in [6, 6.07) is 4.50. The number of halogens is 2. The Morgan fingerprint density at radius 3 is 2.76 bits per heavy atom. The second kappa shape index (κ2) is 7.46. The van der Waals surface area contributed by atoms with Gasteiger partial charge in [-0.05, 0) is 37.1 Å². The van der Waals surface area contributed by atoms with Crippen molar-refractivity contribution in [3.63, 3.8) is 0 Å². The molecule has 0 radical (unpaired) electrons. The predicted octanol–water partition coefficient (Wildman–Crippen LogP) is 4.27. The fourth-order valence-corrected chi connectivity index (χ4v) is 1.76. The average molecular weight is 256 g/mol. The highest BCUT2D eigenvalue weighted by Crippen LogP contribution is 2.20. The molecule has 0 heterocycles. The third-order valence-electron chi connectivity index (χ3n) is 2.56. The number of hydrogen-bond donors (Lipinski definition) is 1. The molecule has 17 heavy (non-hydrogen) atoms. The van der Waals surface area contributed by atoms with Crippen LogP contribution in [0.4, 0.5) is 4.39 Å². The van der Waals surface area contributed by atoms with Gasteiger partial charge in [-0.1, -0.05) is 43.2 Å². The van der Waals surface area contributed by atoms with E-state index in [1.807, 2.05) is 6.08 Å². The van der Waals surface area contributed by atoms with Gasteiger partial charge < -0.3 is 5.32 Å². The Morgan fingerprint density at radius 1 is 1.41 bits per heavy atom. The lowest BCUT2D eigenvalue weighted by molar-refractivity contribution is 0.628. The summed E-state index contributed by atoms with van der Waals surface area (Å²) in [4.78, 5) is 0. The largest absolute Gasteiger partial charge is 0.313 e. The van der Waals surface area contributed by atoms with Crippen molar-refractivity contribution in [3.8, 4) is 0 Å². The Morgan fingerprint density at radius 2 is 2.18 bits per heavy atom. The number of nitrogens with one attached hydrogen (secondary N) is 1. The van der Waals surface area contributed by atoms with E-state index in [2.05, 4.69) is 19.2 Å². The van der Waals surface area contributed by atoms with E-state index in [0.29, 0.717) is 5.02 Å². The van der Waals surface area contributed by atoms with Crippen molar-refractivity contribution in [1.29, 1.82) is 0 Å². The maximum atomic E-state index is 12.9. The molecule has 0 saturated carbocycles. The normalized spacial score (nSPS) is 11.9. The van der Waals surface area contributed by atoms with Crippen LogP contribution in [-0.4, -0.2) is 13.1 Å². The van der Waals surface area contributed by atoms with Crippen LogP contribution < -0.4 is 5.32 Å². The molecule has 1 aromatic rings. The van der Waals surface area contributed by atoms with Gasteiger partial charge in [0.15, 0.2) is 0 Å². The number of rotatable bonds is 6. The lowest BCUT2D eigenvalue weighted by Gasteiger charge is -2.07. The smallest absolute Gasteiger partial charge is 0.124 e. The first-order valence-electron chi connectivity index (χ1n) is 6.02. The minimum atomic E-state index is -0.297. The molecular formula is C14H19ClFN. The van der Waals surface area contributed by atoms with Crippen LogP contribution in [0.3, 0.4) is 0 Å². The van der Waals surface area contributed by atoms with Gasteiger partial charge in [0.2, 0.25) is 0 Å². The SMILES string of the molecule is CCCNC/C(=C/c1ccc(F)cc1Cl)CC. The van der Waals surface area contributed by atoms with E-state index in [0.717, 1.165) is 31.5 Å². The highest BCUT2D eigenvalue weighted by atomic mass is 35.5. The van der Waals surface area contributed by atoms with Crippen molar-refractivity contribution in [2.75, 3.05) is 13.1 Å². The highest BCUT2D eigenvalue weighted by molar-refractivity contribution is 6.32. The van der Waals surface area contributed by atoms with Crippen molar-refractivity contribution >= 4 is 17.7 Å². The summed E-state index contributed by atoms with van der Waals surface area (Å²) in [5, 5.41) is 3.82. The molecule has 1 N–H and O–H groups in total. The summed E-state index contributed by atoms with van der Waals surface area (Å²) < 4.78 is 12.9. The zero-order valence-corrected chi connectivity index (χ0v) is 11.1. The third kappa shape index (κ3) is 4.88. The van der Waals surface area contributed by atoms with E-state index in [1.54, 1.807) is 6.07 Å². The molecule has 1 aromatic carbocycles. The number of benzene rings is 1. The van der Waals surface area contributed by atoms with E-state index in [4.69, 9.17) is 11.6 Å². The van der Waals surface area contributed by atoms with Gasteiger partial charge in [-0.2, -0.15) is 0 Å². The van der Waals surface area contributed by atoms with Gasteiger partial charge in [0.1, 0.15) is 5.82 Å². The van der Waals surface area contributed by atoms with Crippen LogP contribution in [0.5, 0.6) is 0 Å². The molecule has 0 aliphatic rings. The summed E-state index contributed by atoms with van der Waals surface area (Å²) in [6.45, 7) is 6.11. The van der Waals surface area contributed by atoms with Gasteiger partial charge in [-0.25, -0.2) is 4.39 Å². The Hall–Kier alpha value is -0.860. The predicted molar refractivity (Wildman–Crippen MR) is 72.8 cm³/mol. The molecule has 1 rings (SSSR count). The van der Waals surface area contributed by atoms with Crippen molar-refractivity contribution < 1.29 is 4.39 Å². The topological polar surface area (TPSA) is 12.0 Å². The molecule has 0 fully saturated rings. The van der Waals surface area contributed by atoms with Gasteiger partial charge in [0, 0.05) is 6.54 Å². The third-order valence-corrected chi connectivity index (χ3v) is 2.88. The number of hydrogen-bond acceptors (Lipinski definition) is 1. The second-order valence-corrected chi connectivity index (χ2v) is 4.41. The molecule has 0 unspecified atom stereocenters. The summed E-state index contributed by atoms with van der Waals surface area (Å²) in [5.41, 5.74) is 2.15.